The van der Waals surface area contributed by atoms with Crippen LogP contribution in [0, 0.1) is 20.2 Å². The van der Waals surface area contributed by atoms with Gasteiger partial charge in [0.05, 0.1) is 21.6 Å². The maximum Gasteiger partial charge on any atom is 0.269 e. The summed E-state index contributed by atoms with van der Waals surface area (Å²) in [6.45, 7) is 0. The molecular weight excluding hydrogens is 685 g/mol. The Kier molecular flexibility index (Phi) is 8.81. The van der Waals surface area contributed by atoms with E-state index in [2.05, 4.69) is 46.2 Å². The Bertz CT molecular complexity index is 2370. The molecule has 11 heteroatoms. The van der Waals surface area contributed by atoms with Crippen LogP contribution < -0.4 is 9.80 Å². The third-order valence-electron chi connectivity index (χ3n) is 8.95. The minimum atomic E-state index is -0.399. The molecule has 7 aromatic carbocycles. The first-order valence-electron chi connectivity index (χ1n) is 16.6. The lowest BCUT2D eigenvalue weighted by atomic mass is 9.97. The molecule has 256 valence electrons. The summed E-state index contributed by atoms with van der Waals surface area (Å²) in [6, 6.07) is 53.3. The summed E-state index contributed by atoms with van der Waals surface area (Å²) in [5.41, 5.74) is 10.8. The van der Waals surface area contributed by atoms with Gasteiger partial charge >= 0.3 is 0 Å². The number of benzene rings is 7. The fourth-order valence-corrected chi connectivity index (χ4v) is 6.98. The van der Waals surface area contributed by atoms with Crippen LogP contribution in [-0.4, -0.2) is 18.6 Å². The summed E-state index contributed by atoms with van der Waals surface area (Å²) in [6.07, 6.45) is 0. The number of nitrogens with zero attached hydrogens (tertiary/aromatic N) is 6. The molecule has 10 nitrogen and oxygen atoms in total. The van der Waals surface area contributed by atoms with Crippen LogP contribution in [0.15, 0.2) is 170 Å². The maximum absolute atomic E-state index is 11.3. The van der Waals surface area contributed by atoms with Crippen LogP contribution >= 0.6 is 11.7 Å². The van der Waals surface area contributed by atoms with Crippen molar-refractivity contribution < 1.29 is 9.85 Å². The van der Waals surface area contributed by atoms with Crippen molar-refractivity contribution in [2.24, 2.45) is 0 Å². The smallest absolute Gasteiger partial charge is 0.269 e. The Balaban J connectivity index is 1.11. The van der Waals surface area contributed by atoms with Crippen LogP contribution in [0.3, 0.4) is 0 Å². The molecule has 0 N–H and O–H groups in total. The van der Waals surface area contributed by atoms with E-state index in [9.17, 15) is 20.2 Å². The number of nitro groups is 2. The van der Waals surface area contributed by atoms with E-state index in [0.29, 0.717) is 0 Å². The second kappa shape index (κ2) is 14.2. The molecule has 0 saturated carbocycles. The number of aromatic nitrogens is 2. The van der Waals surface area contributed by atoms with E-state index < -0.39 is 9.85 Å². The van der Waals surface area contributed by atoms with E-state index in [1.165, 1.54) is 36.0 Å². The number of rotatable bonds is 10. The molecule has 8 aromatic rings. The first kappa shape index (κ1) is 32.9. The zero-order valence-corrected chi connectivity index (χ0v) is 28.7. The van der Waals surface area contributed by atoms with Crippen LogP contribution in [0.1, 0.15) is 0 Å². The molecule has 0 aliphatic rings. The van der Waals surface area contributed by atoms with E-state index in [-0.39, 0.29) is 11.4 Å². The van der Waals surface area contributed by atoms with Gasteiger partial charge in [0.1, 0.15) is 11.0 Å². The van der Waals surface area contributed by atoms with Crippen molar-refractivity contribution in [3.8, 4) is 22.3 Å². The number of fused-ring (bicyclic) bond motifs is 1. The van der Waals surface area contributed by atoms with Crippen molar-refractivity contribution in [3.05, 3.63) is 190 Å². The largest absolute Gasteiger partial charge is 0.310 e. The normalized spacial score (nSPS) is 10.9. The van der Waals surface area contributed by atoms with Crippen molar-refractivity contribution >= 4 is 68.3 Å². The second-order valence-electron chi connectivity index (χ2n) is 12.1. The zero-order chi connectivity index (χ0) is 36.3. The van der Waals surface area contributed by atoms with Crippen LogP contribution in [0.25, 0.3) is 33.3 Å². The van der Waals surface area contributed by atoms with E-state index in [1.807, 2.05) is 84.9 Å². The van der Waals surface area contributed by atoms with Gasteiger partial charge in [-0.2, -0.15) is 8.75 Å². The Hall–Kier alpha value is -7.24. The summed E-state index contributed by atoms with van der Waals surface area (Å²) in [4.78, 5) is 25.9. The van der Waals surface area contributed by atoms with Crippen molar-refractivity contribution in [1.82, 2.24) is 8.75 Å². The van der Waals surface area contributed by atoms with Gasteiger partial charge in [0, 0.05) is 69.5 Å². The molecule has 0 bridgehead atoms. The lowest BCUT2D eigenvalue weighted by Crippen LogP contribution is -2.09. The van der Waals surface area contributed by atoms with Gasteiger partial charge in [0.15, 0.2) is 0 Å². The highest BCUT2D eigenvalue weighted by atomic mass is 32.1. The summed E-state index contributed by atoms with van der Waals surface area (Å²) in [5.74, 6) is 0. The second-order valence-corrected chi connectivity index (χ2v) is 12.6. The minimum absolute atomic E-state index is 0.0359. The molecule has 1 heterocycles. The molecular formula is C42H28N6O4S. The predicted molar refractivity (Wildman–Crippen MR) is 211 cm³/mol. The van der Waals surface area contributed by atoms with Crippen molar-refractivity contribution in [2.75, 3.05) is 9.80 Å². The van der Waals surface area contributed by atoms with E-state index in [1.54, 1.807) is 24.3 Å². The average molecular weight is 713 g/mol. The van der Waals surface area contributed by atoms with Gasteiger partial charge in [0.25, 0.3) is 11.4 Å². The number of para-hydroxylation sites is 2. The number of hydrogen-bond acceptors (Lipinski definition) is 9. The third-order valence-corrected chi connectivity index (χ3v) is 9.48. The molecule has 0 saturated heterocycles. The van der Waals surface area contributed by atoms with Gasteiger partial charge in [0.2, 0.25) is 0 Å². The lowest BCUT2D eigenvalue weighted by Gasteiger charge is -2.25. The number of nitro benzene ring substituents is 2. The van der Waals surface area contributed by atoms with Crippen LogP contribution in [0.4, 0.5) is 45.5 Å². The topological polar surface area (TPSA) is 119 Å². The molecule has 0 spiro atoms. The molecule has 0 aliphatic carbocycles. The van der Waals surface area contributed by atoms with Gasteiger partial charge in [-0.1, -0.05) is 72.8 Å². The summed E-state index contributed by atoms with van der Waals surface area (Å²) in [7, 11) is 0. The molecule has 0 radical (unpaired) electrons. The molecule has 0 amide bonds. The molecule has 0 aliphatic heterocycles. The van der Waals surface area contributed by atoms with Gasteiger partial charge in [-0.05, 0) is 83.9 Å². The van der Waals surface area contributed by atoms with Gasteiger partial charge in [-0.15, -0.1) is 0 Å². The highest BCUT2D eigenvalue weighted by Gasteiger charge is 2.18. The van der Waals surface area contributed by atoms with Crippen LogP contribution in [-0.2, 0) is 0 Å². The Morgan fingerprint density at radius 3 is 1.02 bits per heavy atom. The Morgan fingerprint density at radius 1 is 0.396 bits per heavy atom. The van der Waals surface area contributed by atoms with E-state index >= 15 is 0 Å². The van der Waals surface area contributed by atoms with Crippen molar-refractivity contribution in [1.29, 1.82) is 0 Å². The molecule has 53 heavy (non-hydrogen) atoms. The average Bonchev–Trinajstić information content (AvgIpc) is 3.70. The van der Waals surface area contributed by atoms with Gasteiger partial charge in [-0.25, -0.2) is 0 Å². The number of non-ortho nitro benzene ring substituents is 2. The minimum Gasteiger partial charge on any atom is -0.310 e. The standard InChI is InChI=1S/C42H28N6O4S/c49-47(50)37-23-19-35(20-24-37)45(31-7-3-1-4-8-31)33-15-11-29(12-16-33)39-27-28-40(42-41(39)43-53-44-42)30-13-17-34(18-14-30)46(32-9-5-2-6-10-32)36-21-25-38(26-22-36)48(51)52/h1-28H. The van der Waals surface area contributed by atoms with Crippen LogP contribution in [0.2, 0.25) is 0 Å². The summed E-state index contributed by atoms with van der Waals surface area (Å²) < 4.78 is 9.42. The SMILES string of the molecule is O=[N+]([O-])c1ccc(N(c2ccccc2)c2ccc(-c3ccc(-c4ccc(N(c5ccccc5)c5ccc([N+](=O)[O-])cc5)cc4)c4nsnc34)cc2)cc1. The van der Waals surface area contributed by atoms with Gasteiger partial charge in [-0.3, -0.25) is 20.2 Å². The molecule has 0 atom stereocenters. The lowest BCUT2D eigenvalue weighted by molar-refractivity contribution is -0.385. The summed E-state index contributed by atoms with van der Waals surface area (Å²) >= 11 is 1.17. The Morgan fingerprint density at radius 2 is 0.698 bits per heavy atom. The quantitative estimate of drug-likeness (QED) is 0.101. The molecule has 8 rings (SSSR count). The zero-order valence-electron chi connectivity index (χ0n) is 27.9. The predicted octanol–water partition coefficient (Wildman–Crippen LogP) is 11.8. The van der Waals surface area contributed by atoms with E-state index in [4.69, 9.17) is 8.75 Å². The molecule has 1 aromatic heterocycles. The number of anilines is 6. The first-order chi connectivity index (χ1) is 25.9. The molecule has 0 unspecified atom stereocenters. The Labute approximate surface area is 308 Å². The van der Waals surface area contributed by atoms with Crippen LogP contribution in [0.5, 0.6) is 0 Å². The fourth-order valence-electron chi connectivity index (χ4n) is 6.41. The third kappa shape index (κ3) is 6.55. The monoisotopic (exact) mass is 712 g/mol. The maximum atomic E-state index is 11.3. The van der Waals surface area contributed by atoms with Gasteiger partial charge < -0.3 is 9.80 Å². The van der Waals surface area contributed by atoms with E-state index in [0.717, 1.165) is 67.4 Å². The van der Waals surface area contributed by atoms with Crippen molar-refractivity contribution in [3.63, 3.8) is 0 Å². The summed E-state index contributed by atoms with van der Waals surface area (Å²) in [5, 5.41) is 22.6. The van der Waals surface area contributed by atoms with Crippen molar-refractivity contribution in [2.45, 2.75) is 0 Å². The first-order valence-corrected chi connectivity index (χ1v) is 17.3. The fraction of sp³-hybridized carbons (Fsp3) is 0. The highest BCUT2D eigenvalue weighted by molar-refractivity contribution is 7.00. The number of hydrogen-bond donors (Lipinski definition) is 0. The highest BCUT2D eigenvalue weighted by Crippen LogP contribution is 2.40. The molecule has 0 fully saturated rings.